The summed E-state index contributed by atoms with van der Waals surface area (Å²) in [7, 11) is -1.93. The smallest absolute Gasteiger partial charge is 0.239 e. The largest absolute Gasteiger partial charge is 0.324 e. The Morgan fingerprint density at radius 2 is 1.70 bits per heavy atom. The Hall–Kier alpha value is -1.40. The van der Waals surface area contributed by atoms with Gasteiger partial charge in [-0.15, -0.1) is 0 Å². The lowest BCUT2D eigenvalue weighted by Crippen LogP contribution is -2.36. The molecule has 0 saturated heterocycles. The molecular formula is C14H22N2O3S. The highest BCUT2D eigenvalue weighted by atomic mass is 32.2. The van der Waals surface area contributed by atoms with E-state index in [1.54, 1.807) is 6.92 Å². The Morgan fingerprint density at radius 3 is 2.15 bits per heavy atom. The molecule has 0 atom stereocenters. The SMILES string of the molecule is CCS(=O)(=O)N(C)CC(=O)Nc1c(C)cc(C)cc1C. The lowest BCUT2D eigenvalue weighted by Gasteiger charge is -2.17. The summed E-state index contributed by atoms with van der Waals surface area (Å²) < 4.78 is 24.3. The van der Waals surface area contributed by atoms with Crippen molar-refractivity contribution in [3.05, 3.63) is 28.8 Å². The summed E-state index contributed by atoms with van der Waals surface area (Å²) in [6.45, 7) is 7.21. The number of hydrogen-bond donors (Lipinski definition) is 1. The van der Waals surface area contributed by atoms with Gasteiger partial charge in [0.15, 0.2) is 0 Å². The van der Waals surface area contributed by atoms with Crippen molar-refractivity contribution in [3.63, 3.8) is 0 Å². The van der Waals surface area contributed by atoms with Crippen LogP contribution in [0, 0.1) is 20.8 Å². The van der Waals surface area contributed by atoms with Gasteiger partial charge in [0.25, 0.3) is 0 Å². The Balaban J connectivity index is 2.83. The fourth-order valence-electron chi connectivity index (χ4n) is 2.08. The van der Waals surface area contributed by atoms with Crippen molar-refractivity contribution in [3.8, 4) is 0 Å². The molecule has 1 N–H and O–H groups in total. The van der Waals surface area contributed by atoms with Crippen LogP contribution in [0.3, 0.4) is 0 Å². The third kappa shape index (κ3) is 4.05. The van der Waals surface area contributed by atoms with Crippen LogP contribution < -0.4 is 5.32 Å². The van der Waals surface area contributed by atoms with Gasteiger partial charge < -0.3 is 5.32 Å². The number of aryl methyl sites for hydroxylation is 3. The Labute approximate surface area is 121 Å². The van der Waals surface area contributed by atoms with Crippen LogP contribution in [0.4, 0.5) is 5.69 Å². The lowest BCUT2D eigenvalue weighted by atomic mass is 10.1. The summed E-state index contributed by atoms with van der Waals surface area (Å²) in [6, 6.07) is 3.96. The minimum atomic E-state index is -3.34. The minimum absolute atomic E-state index is 0.0145. The maximum Gasteiger partial charge on any atom is 0.239 e. The second-order valence-corrected chi connectivity index (χ2v) is 7.34. The van der Waals surface area contributed by atoms with Crippen LogP contribution >= 0.6 is 0 Å². The van der Waals surface area contributed by atoms with Crippen LogP contribution in [0.15, 0.2) is 12.1 Å². The summed E-state index contributed by atoms with van der Waals surface area (Å²) in [5.74, 6) is -0.348. The van der Waals surface area contributed by atoms with Gasteiger partial charge in [-0.2, -0.15) is 4.31 Å². The molecule has 0 aliphatic heterocycles. The Morgan fingerprint density at radius 1 is 1.20 bits per heavy atom. The quantitative estimate of drug-likeness (QED) is 0.902. The van der Waals surface area contributed by atoms with Crippen LogP contribution in [0.5, 0.6) is 0 Å². The van der Waals surface area contributed by atoms with Crippen molar-refractivity contribution < 1.29 is 13.2 Å². The molecule has 0 saturated carbocycles. The summed E-state index contributed by atoms with van der Waals surface area (Å²) in [6.07, 6.45) is 0. The molecule has 0 aliphatic carbocycles. The predicted molar refractivity (Wildman–Crippen MR) is 81.4 cm³/mol. The predicted octanol–water partition coefficient (Wildman–Crippen LogP) is 1.83. The van der Waals surface area contributed by atoms with Crippen molar-refractivity contribution in [2.45, 2.75) is 27.7 Å². The molecular weight excluding hydrogens is 276 g/mol. The van der Waals surface area contributed by atoms with E-state index in [0.29, 0.717) is 0 Å². The molecule has 0 aromatic heterocycles. The molecule has 6 heteroatoms. The number of amides is 1. The first kappa shape index (κ1) is 16.7. The number of carbonyl (C=O) groups excluding carboxylic acids is 1. The zero-order chi connectivity index (χ0) is 15.5. The number of hydrogen-bond acceptors (Lipinski definition) is 3. The van der Waals surface area contributed by atoms with Crippen molar-refractivity contribution in [2.75, 3.05) is 24.7 Å². The number of anilines is 1. The van der Waals surface area contributed by atoms with Crippen LogP contribution in [0.25, 0.3) is 0 Å². The summed E-state index contributed by atoms with van der Waals surface area (Å²) in [4.78, 5) is 12.0. The molecule has 5 nitrogen and oxygen atoms in total. The first-order chi connectivity index (χ1) is 9.17. The molecule has 0 radical (unpaired) electrons. The van der Waals surface area contributed by atoms with Gasteiger partial charge in [-0.25, -0.2) is 8.42 Å². The maximum absolute atomic E-state index is 12.0. The van der Waals surface area contributed by atoms with Gasteiger partial charge in [-0.1, -0.05) is 17.7 Å². The van der Waals surface area contributed by atoms with Crippen molar-refractivity contribution in [1.29, 1.82) is 0 Å². The summed E-state index contributed by atoms with van der Waals surface area (Å²) in [5.41, 5.74) is 3.82. The van der Waals surface area contributed by atoms with E-state index in [1.807, 2.05) is 32.9 Å². The first-order valence-electron chi connectivity index (χ1n) is 6.49. The molecule has 0 spiro atoms. The number of sulfonamides is 1. The van der Waals surface area contributed by atoms with Gasteiger partial charge in [-0.3, -0.25) is 4.79 Å². The average molecular weight is 298 g/mol. The van der Waals surface area contributed by atoms with Crippen LogP contribution in [-0.4, -0.2) is 38.0 Å². The van der Waals surface area contributed by atoms with E-state index in [4.69, 9.17) is 0 Å². The third-order valence-corrected chi connectivity index (χ3v) is 4.96. The van der Waals surface area contributed by atoms with Gasteiger partial charge in [-0.05, 0) is 38.8 Å². The molecule has 112 valence electrons. The number of likely N-dealkylation sites (N-methyl/N-ethyl adjacent to an activating group) is 1. The molecule has 0 aliphatic rings. The second-order valence-electron chi connectivity index (χ2n) is 4.98. The van der Waals surface area contributed by atoms with Gasteiger partial charge in [0, 0.05) is 12.7 Å². The van der Waals surface area contributed by atoms with E-state index >= 15 is 0 Å². The lowest BCUT2D eigenvalue weighted by molar-refractivity contribution is -0.116. The Bertz CT molecular complexity index is 586. The highest BCUT2D eigenvalue weighted by molar-refractivity contribution is 7.89. The van der Waals surface area contributed by atoms with E-state index in [9.17, 15) is 13.2 Å². The van der Waals surface area contributed by atoms with E-state index < -0.39 is 10.0 Å². The number of nitrogens with one attached hydrogen (secondary N) is 1. The van der Waals surface area contributed by atoms with Crippen molar-refractivity contribution in [2.24, 2.45) is 0 Å². The monoisotopic (exact) mass is 298 g/mol. The van der Waals surface area contributed by atoms with E-state index in [-0.39, 0.29) is 18.2 Å². The fourth-order valence-corrected chi connectivity index (χ4v) is 2.83. The molecule has 0 bridgehead atoms. The number of benzene rings is 1. The van der Waals surface area contributed by atoms with E-state index in [0.717, 1.165) is 26.7 Å². The molecule has 0 unspecified atom stereocenters. The van der Waals surface area contributed by atoms with Gasteiger partial charge in [0.1, 0.15) is 0 Å². The third-order valence-electron chi connectivity index (χ3n) is 3.15. The fraction of sp³-hybridized carbons (Fsp3) is 0.500. The Kier molecular flexibility index (Phi) is 5.30. The highest BCUT2D eigenvalue weighted by Crippen LogP contribution is 2.21. The zero-order valence-corrected chi connectivity index (χ0v) is 13.5. The molecule has 0 heterocycles. The molecule has 1 rings (SSSR count). The number of carbonyl (C=O) groups is 1. The maximum atomic E-state index is 12.0. The zero-order valence-electron chi connectivity index (χ0n) is 12.6. The summed E-state index contributed by atoms with van der Waals surface area (Å²) >= 11 is 0. The molecule has 1 aromatic rings. The normalized spacial score (nSPS) is 11.7. The number of nitrogens with zero attached hydrogens (tertiary/aromatic N) is 1. The second kappa shape index (κ2) is 6.37. The van der Waals surface area contributed by atoms with Crippen LogP contribution in [-0.2, 0) is 14.8 Å². The standard InChI is InChI=1S/C14H22N2O3S/c1-6-20(18,19)16(5)9-13(17)15-14-11(3)7-10(2)8-12(14)4/h7-8H,6,9H2,1-5H3,(H,15,17). The topological polar surface area (TPSA) is 66.5 Å². The van der Waals surface area contributed by atoms with Crippen molar-refractivity contribution in [1.82, 2.24) is 4.31 Å². The van der Waals surface area contributed by atoms with Crippen LogP contribution in [0.1, 0.15) is 23.6 Å². The van der Waals surface area contributed by atoms with Gasteiger partial charge in [0.05, 0.1) is 12.3 Å². The molecule has 0 fully saturated rings. The molecule has 1 aromatic carbocycles. The minimum Gasteiger partial charge on any atom is -0.324 e. The van der Waals surface area contributed by atoms with E-state index in [1.165, 1.54) is 7.05 Å². The number of rotatable bonds is 5. The molecule has 20 heavy (non-hydrogen) atoms. The first-order valence-corrected chi connectivity index (χ1v) is 8.10. The molecule has 1 amide bonds. The average Bonchev–Trinajstić information content (AvgIpc) is 2.33. The highest BCUT2D eigenvalue weighted by Gasteiger charge is 2.19. The van der Waals surface area contributed by atoms with Gasteiger partial charge in [0.2, 0.25) is 15.9 Å². The summed E-state index contributed by atoms with van der Waals surface area (Å²) in [5, 5.41) is 2.79. The van der Waals surface area contributed by atoms with E-state index in [2.05, 4.69) is 5.32 Å². The van der Waals surface area contributed by atoms with Crippen molar-refractivity contribution >= 4 is 21.6 Å². The van der Waals surface area contributed by atoms with Gasteiger partial charge >= 0.3 is 0 Å². The van der Waals surface area contributed by atoms with Crippen LogP contribution in [0.2, 0.25) is 0 Å².